The molecule has 0 saturated heterocycles. The second kappa shape index (κ2) is 6.76. The lowest BCUT2D eigenvalue weighted by molar-refractivity contribution is 0.128. The van der Waals surface area contributed by atoms with E-state index in [4.69, 9.17) is 10.5 Å². The Morgan fingerprint density at radius 3 is 2.58 bits per heavy atom. The minimum absolute atomic E-state index is 0.000481. The summed E-state index contributed by atoms with van der Waals surface area (Å²) in [6, 6.07) is 6.13. The van der Waals surface area contributed by atoms with Crippen LogP contribution in [-0.4, -0.2) is 6.10 Å². The molecule has 0 amide bonds. The summed E-state index contributed by atoms with van der Waals surface area (Å²) in [5, 5.41) is 0. The highest BCUT2D eigenvalue weighted by Gasteiger charge is 2.22. The molecule has 0 spiro atoms. The van der Waals surface area contributed by atoms with Gasteiger partial charge in [0.25, 0.3) is 0 Å². The molecule has 0 radical (unpaired) electrons. The van der Waals surface area contributed by atoms with Crippen molar-refractivity contribution in [1.29, 1.82) is 0 Å². The van der Waals surface area contributed by atoms with Gasteiger partial charge in [-0.1, -0.05) is 29.3 Å². The van der Waals surface area contributed by atoms with Gasteiger partial charge in [-0.05, 0) is 56.7 Å². The number of hydrogen-bond donors (Lipinski definition) is 1. The second-order valence-corrected chi connectivity index (χ2v) is 6.56. The van der Waals surface area contributed by atoms with Crippen LogP contribution in [0.1, 0.15) is 57.6 Å². The molecule has 2 N–H and O–H groups in total. The summed E-state index contributed by atoms with van der Waals surface area (Å²) in [5.74, 6) is 1.86. The Kier molecular flexibility index (Phi) is 5.28. The van der Waals surface area contributed by atoms with Gasteiger partial charge in [-0.15, -0.1) is 0 Å². The summed E-state index contributed by atoms with van der Waals surface area (Å²) in [5.41, 5.74) is 7.12. The molecule has 1 aliphatic rings. The van der Waals surface area contributed by atoms with Gasteiger partial charge in [0.1, 0.15) is 5.75 Å². The fourth-order valence-electron chi connectivity index (χ4n) is 2.82. The quantitative estimate of drug-likeness (QED) is 0.861. The Bertz CT molecular complexity index is 411. The van der Waals surface area contributed by atoms with E-state index in [0.717, 1.165) is 21.7 Å². The van der Waals surface area contributed by atoms with Crippen LogP contribution in [-0.2, 0) is 0 Å². The Labute approximate surface area is 124 Å². The third kappa shape index (κ3) is 3.96. The van der Waals surface area contributed by atoms with Gasteiger partial charge in [-0.25, -0.2) is 0 Å². The van der Waals surface area contributed by atoms with Gasteiger partial charge in [0, 0.05) is 16.1 Å². The molecular weight excluding hydrogens is 302 g/mol. The topological polar surface area (TPSA) is 35.2 Å². The number of benzene rings is 1. The van der Waals surface area contributed by atoms with Crippen LogP contribution in [0.2, 0.25) is 0 Å². The predicted molar refractivity (Wildman–Crippen MR) is 83.4 cm³/mol. The number of ether oxygens (including phenoxy) is 1. The van der Waals surface area contributed by atoms with Crippen molar-refractivity contribution < 1.29 is 4.74 Å². The number of rotatable bonds is 4. The highest BCUT2D eigenvalue weighted by molar-refractivity contribution is 9.10. The summed E-state index contributed by atoms with van der Waals surface area (Å²) in [6.07, 6.45) is 6.60. The van der Waals surface area contributed by atoms with Crippen molar-refractivity contribution in [2.24, 2.45) is 11.7 Å². The molecule has 1 atom stereocenters. The molecule has 1 aromatic carbocycles. The van der Waals surface area contributed by atoms with E-state index in [0.29, 0.717) is 6.10 Å². The fourth-order valence-corrected chi connectivity index (χ4v) is 3.20. The van der Waals surface area contributed by atoms with Crippen molar-refractivity contribution in [2.75, 3.05) is 0 Å². The maximum atomic E-state index is 6.19. The van der Waals surface area contributed by atoms with Crippen LogP contribution in [0.25, 0.3) is 0 Å². The zero-order chi connectivity index (χ0) is 13.8. The molecule has 3 heteroatoms. The minimum Gasteiger partial charge on any atom is -0.490 e. The Balaban J connectivity index is 2.03. The summed E-state index contributed by atoms with van der Waals surface area (Å²) < 4.78 is 7.25. The van der Waals surface area contributed by atoms with Crippen molar-refractivity contribution in [2.45, 2.75) is 58.1 Å². The Morgan fingerprint density at radius 2 is 2.00 bits per heavy atom. The molecule has 0 aliphatic heterocycles. The lowest BCUT2D eigenvalue weighted by atomic mass is 9.86. The van der Waals surface area contributed by atoms with Crippen molar-refractivity contribution in [3.8, 4) is 5.75 Å². The van der Waals surface area contributed by atoms with Gasteiger partial charge < -0.3 is 10.5 Å². The molecule has 106 valence electrons. The van der Waals surface area contributed by atoms with Gasteiger partial charge in [0.05, 0.1) is 6.10 Å². The molecule has 0 heterocycles. The molecule has 2 rings (SSSR count). The predicted octanol–water partition coefficient (Wildman–Crippen LogP) is 4.82. The number of halogens is 1. The summed E-state index contributed by atoms with van der Waals surface area (Å²) in [7, 11) is 0. The van der Waals surface area contributed by atoms with E-state index in [2.05, 4.69) is 28.9 Å². The lowest BCUT2D eigenvalue weighted by Gasteiger charge is -2.29. The lowest BCUT2D eigenvalue weighted by Crippen LogP contribution is -2.24. The van der Waals surface area contributed by atoms with Crippen LogP contribution < -0.4 is 10.5 Å². The minimum atomic E-state index is -0.000481. The van der Waals surface area contributed by atoms with Crippen molar-refractivity contribution in [3.63, 3.8) is 0 Å². The molecular formula is C16H24BrNO. The molecule has 0 bridgehead atoms. The van der Waals surface area contributed by atoms with Crippen molar-refractivity contribution in [3.05, 3.63) is 28.2 Å². The molecule has 1 saturated carbocycles. The molecule has 1 fully saturated rings. The van der Waals surface area contributed by atoms with E-state index in [9.17, 15) is 0 Å². The summed E-state index contributed by atoms with van der Waals surface area (Å²) in [6.45, 7) is 4.29. The van der Waals surface area contributed by atoms with Crippen LogP contribution >= 0.6 is 15.9 Å². The molecule has 0 aromatic heterocycles. The first-order chi connectivity index (χ1) is 9.10. The first kappa shape index (κ1) is 14.9. The highest BCUT2D eigenvalue weighted by Crippen LogP contribution is 2.33. The highest BCUT2D eigenvalue weighted by atomic mass is 79.9. The standard InChI is InChI=1S/C16H24BrNO/c1-3-12-4-7-14(8-5-12)19-16-9-6-13(17)10-15(16)11(2)18/h6,9-12,14H,3-5,7-8,18H2,1-2H3/t11-,12?,14?/m1/s1. The molecule has 1 aromatic rings. The average Bonchev–Trinajstić information content (AvgIpc) is 2.41. The van der Waals surface area contributed by atoms with Gasteiger partial charge in [-0.3, -0.25) is 0 Å². The van der Waals surface area contributed by atoms with Gasteiger partial charge >= 0.3 is 0 Å². The van der Waals surface area contributed by atoms with Gasteiger partial charge in [0.2, 0.25) is 0 Å². The molecule has 19 heavy (non-hydrogen) atoms. The summed E-state index contributed by atoms with van der Waals surface area (Å²) in [4.78, 5) is 0. The largest absolute Gasteiger partial charge is 0.490 e. The zero-order valence-electron chi connectivity index (χ0n) is 11.9. The van der Waals surface area contributed by atoms with E-state index >= 15 is 0 Å². The Morgan fingerprint density at radius 1 is 1.32 bits per heavy atom. The second-order valence-electron chi connectivity index (χ2n) is 5.64. The van der Waals surface area contributed by atoms with Crippen LogP contribution in [0.5, 0.6) is 5.75 Å². The first-order valence-electron chi connectivity index (χ1n) is 7.31. The zero-order valence-corrected chi connectivity index (χ0v) is 13.4. The number of hydrogen-bond acceptors (Lipinski definition) is 2. The molecule has 2 nitrogen and oxygen atoms in total. The van der Waals surface area contributed by atoms with Crippen molar-refractivity contribution in [1.82, 2.24) is 0 Å². The smallest absolute Gasteiger partial charge is 0.124 e. The average molecular weight is 326 g/mol. The van der Waals surface area contributed by atoms with Crippen molar-refractivity contribution >= 4 is 15.9 Å². The third-order valence-electron chi connectivity index (χ3n) is 4.13. The van der Waals surface area contributed by atoms with E-state index in [-0.39, 0.29) is 6.04 Å². The van der Waals surface area contributed by atoms with E-state index in [1.165, 1.54) is 32.1 Å². The monoisotopic (exact) mass is 325 g/mol. The SMILES string of the molecule is CCC1CCC(Oc2ccc(Br)cc2[C@@H](C)N)CC1. The normalized spacial score (nSPS) is 25.1. The van der Waals surface area contributed by atoms with Gasteiger partial charge in [0.15, 0.2) is 0 Å². The van der Waals surface area contributed by atoms with E-state index < -0.39 is 0 Å². The van der Waals surface area contributed by atoms with E-state index in [1.807, 2.05) is 19.1 Å². The molecule has 1 aliphatic carbocycles. The summed E-state index contributed by atoms with van der Waals surface area (Å²) >= 11 is 3.50. The van der Waals surface area contributed by atoms with Crippen LogP contribution in [0.4, 0.5) is 0 Å². The third-order valence-corrected chi connectivity index (χ3v) is 4.62. The van der Waals surface area contributed by atoms with Crippen LogP contribution in [0.15, 0.2) is 22.7 Å². The molecule has 0 unspecified atom stereocenters. The van der Waals surface area contributed by atoms with Crippen LogP contribution in [0, 0.1) is 5.92 Å². The van der Waals surface area contributed by atoms with E-state index in [1.54, 1.807) is 0 Å². The number of nitrogens with two attached hydrogens (primary N) is 1. The Hall–Kier alpha value is -0.540. The maximum Gasteiger partial charge on any atom is 0.124 e. The van der Waals surface area contributed by atoms with Gasteiger partial charge in [-0.2, -0.15) is 0 Å². The maximum absolute atomic E-state index is 6.19. The van der Waals surface area contributed by atoms with Crippen LogP contribution in [0.3, 0.4) is 0 Å². The fraction of sp³-hybridized carbons (Fsp3) is 0.625. The first-order valence-corrected chi connectivity index (χ1v) is 8.11.